The first-order valence-electron chi connectivity index (χ1n) is 4.92. The molecule has 0 aliphatic carbocycles. The molecule has 17 heavy (non-hydrogen) atoms. The smallest absolute Gasteiger partial charge is 0.238 e. The molecule has 88 valence electrons. The minimum atomic E-state index is -0.429. The largest absolute Gasteiger partial charge is 0.434 e. The lowest BCUT2D eigenvalue weighted by Crippen LogP contribution is -1.95. The number of hydrogen-bond acceptors (Lipinski definition) is 3. The van der Waals surface area contributed by atoms with E-state index in [9.17, 15) is 4.39 Å². The number of nitrogen functional groups attached to an aromatic ring is 1. The molecule has 0 atom stereocenters. The maximum atomic E-state index is 13.7. The van der Waals surface area contributed by atoms with Crippen molar-refractivity contribution in [2.24, 2.45) is 0 Å². The van der Waals surface area contributed by atoms with Gasteiger partial charge in [0.05, 0.1) is 11.9 Å². The summed E-state index contributed by atoms with van der Waals surface area (Å²) < 4.78 is 19.0. The Balaban J connectivity index is 2.35. The van der Waals surface area contributed by atoms with E-state index in [0.717, 1.165) is 0 Å². The van der Waals surface area contributed by atoms with Gasteiger partial charge in [-0.3, -0.25) is 0 Å². The van der Waals surface area contributed by atoms with Crippen LogP contribution in [0.5, 0.6) is 11.6 Å². The summed E-state index contributed by atoms with van der Waals surface area (Å²) in [6, 6.07) is 6.35. The summed E-state index contributed by atoms with van der Waals surface area (Å²) in [5.41, 5.74) is 6.42. The number of nitrogens with zero attached hydrogens (tertiary/aromatic N) is 1. The van der Waals surface area contributed by atoms with Crippen molar-refractivity contribution < 1.29 is 9.13 Å². The van der Waals surface area contributed by atoms with Gasteiger partial charge in [-0.15, -0.1) is 0 Å². The van der Waals surface area contributed by atoms with Crippen molar-refractivity contribution in [1.29, 1.82) is 0 Å². The Hall–Kier alpha value is -1.81. The minimum Gasteiger partial charge on any atom is -0.434 e. The Morgan fingerprint density at radius 3 is 2.88 bits per heavy atom. The van der Waals surface area contributed by atoms with Crippen LogP contribution in [0.25, 0.3) is 0 Å². The molecule has 1 aromatic carbocycles. The summed E-state index contributed by atoms with van der Waals surface area (Å²) in [7, 11) is 0. The first kappa shape index (κ1) is 11.7. The van der Waals surface area contributed by atoms with Gasteiger partial charge in [0.1, 0.15) is 5.02 Å². The predicted molar refractivity (Wildman–Crippen MR) is 64.9 cm³/mol. The highest BCUT2D eigenvalue weighted by molar-refractivity contribution is 6.32. The van der Waals surface area contributed by atoms with Crippen molar-refractivity contribution in [1.82, 2.24) is 4.98 Å². The number of anilines is 1. The normalized spacial score (nSPS) is 10.3. The van der Waals surface area contributed by atoms with Crippen LogP contribution >= 0.6 is 11.6 Å². The number of benzene rings is 1. The number of aromatic nitrogens is 1. The highest BCUT2D eigenvalue weighted by Gasteiger charge is 2.10. The molecule has 2 aromatic rings. The summed E-state index contributed by atoms with van der Waals surface area (Å²) >= 11 is 5.88. The standard InChI is InChI=1S/C12H10ClFN2O/c1-7-3-2-4-10(11(7)14)17-12-9(13)5-8(15)6-16-12/h2-6H,15H2,1H3. The number of nitrogens with two attached hydrogens (primary N) is 1. The molecule has 0 bridgehead atoms. The van der Waals surface area contributed by atoms with Gasteiger partial charge in [0.25, 0.3) is 0 Å². The van der Waals surface area contributed by atoms with E-state index in [0.29, 0.717) is 11.3 Å². The van der Waals surface area contributed by atoms with Crippen LogP contribution in [0.2, 0.25) is 5.02 Å². The van der Waals surface area contributed by atoms with E-state index < -0.39 is 5.82 Å². The van der Waals surface area contributed by atoms with Gasteiger partial charge >= 0.3 is 0 Å². The third kappa shape index (κ3) is 2.47. The zero-order valence-corrected chi connectivity index (χ0v) is 9.83. The van der Waals surface area contributed by atoms with Crippen LogP contribution in [0, 0.1) is 12.7 Å². The number of hydrogen-bond donors (Lipinski definition) is 1. The van der Waals surface area contributed by atoms with E-state index in [2.05, 4.69) is 4.98 Å². The third-order valence-corrected chi connectivity index (χ3v) is 2.46. The van der Waals surface area contributed by atoms with Gasteiger partial charge in [0.15, 0.2) is 11.6 Å². The molecule has 0 amide bonds. The molecule has 1 aromatic heterocycles. The van der Waals surface area contributed by atoms with E-state index in [4.69, 9.17) is 22.1 Å². The quantitative estimate of drug-likeness (QED) is 0.889. The fourth-order valence-corrected chi connectivity index (χ4v) is 1.53. The Labute approximate surface area is 103 Å². The molecular weight excluding hydrogens is 243 g/mol. The lowest BCUT2D eigenvalue weighted by molar-refractivity contribution is 0.426. The van der Waals surface area contributed by atoms with E-state index in [1.54, 1.807) is 19.1 Å². The second-order valence-electron chi connectivity index (χ2n) is 3.54. The summed E-state index contributed by atoms with van der Waals surface area (Å²) in [5.74, 6) is -0.211. The van der Waals surface area contributed by atoms with Crippen molar-refractivity contribution in [2.75, 3.05) is 5.73 Å². The molecule has 5 heteroatoms. The van der Waals surface area contributed by atoms with Gasteiger partial charge in [0.2, 0.25) is 5.88 Å². The Bertz CT molecular complexity index is 560. The van der Waals surface area contributed by atoms with Gasteiger partial charge in [0, 0.05) is 0 Å². The molecule has 1 heterocycles. The zero-order valence-electron chi connectivity index (χ0n) is 9.08. The van der Waals surface area contributed by atoms with Crippen LogP contribution in [0.1, 0.15) is 5.56 Å². The molecule has 0 spiro atoms. The molecular formula is C12H10ClFN2O. The molecule has 0 unspecified atom stereocenters. The van der Waals surface area contributed by atoms with Gasteiger partial charge in [-0.2, -0.15) is 0 Å². The lowest BCUT2D eigenvalue weighted by Gasteiger charge is -2.08. The summed E-state index contributed by atoms with van der Waals surface area (Å²) in [5, 5.41) is 0.242. The number of aryl methyl sites for hydroxylation is 1. The van der Waals surface area contributed by atoms with Gasteiger partial charge in [-0.05, 0) is 24.6 Å². The highest BCUT2D eigenvalue weighted by Crippen LogP contribution is 2.30. The third-order valence-electron chi connectivity index (χ3n) is 2.19. The second-order valence-corrected chi connectivity index (χ2v) is 3.95. The maximum Gasteiger partial charge on any atom is 0.238 e. The topological polar surface area (TPSA) is 48.1 Å². The molecule has 0 aliphatic heterocycles. The van der Waals surface area contributed by atoms with Crippen molar-refractivity contribution in [3.05, 3.63) is 46.9 Å². The SMILES string of the molecule is Cc1cccc(Oc2ncc(N)cc2Cl)c1F. The van der Waals surface area contributed by atoms with E-state index in [-0.39, 0.29) is 16.7 Å². The molecule has 3 nitrogen and oxygen atoms in total. The average molecular weight is 253 g/mol. The molecule has 0 fully saturated rings. The molecule has 2 rings (SSSR count). The van der Waals surface area contributed by atoms with Gasteiger partial charge in [-0.1, -0.05) is 23.7 Å². The van der Waals surface area contributed by atoms with E-state index >= 15 is 0 Å². The highest BCUT2D eigenvalue weighted by atomic mass is 35.5. The molecule has 2 N–H and O–H groups in total. The Morgan fingerprint density at radius 2 is 2.18 bits per heavy atom. The lowest BCUT2D eigenvalue weighted by atomic mass is 10.2. The van der Waals surface area contributed by atoms with E-state index in [1.165, 1.54) is 18.3 Å². The minimum absolute atomic E-state index is 0.0872. The van der Waals surface area contributed by atoms with Crippen LogP contribution in [-0.4, -0.2) is 4.98 Å². The van der Waals surface area contributed by atoms with Gasteiger partial charge in [-0.25, -0.2) is 9.37 Å². The summed E-state index contributed by atoms with van der Waals surface area (Å²) in [6.45, 7) is 1.65. The van der Waals surface area contributed by atoms with Crippen molar-refractivity contribution in [2.45, 2.75) is 6.92 Å². The maximum absolute atomic E-state index is 13.7. The van der Waals surface area contributed by atoms with E-state index in [1.807, 2.05) is 0 Å². The first-order valence-corrected chi connectivity index (χ1v) is 5.29. The summed E-state index contributed by atoms with van der Waals surface area (Å²) in [6.07, 6.45) is 1.40. The fourth-order valence-electron chi connectivity index (χ4n) is 1.32. The number of ether oxygens (including phenoxy) is 1. The van der Waals surface area contributed by atoms with Crippen LogP contribution < -0.4 is 10.5 Å². The Kier molecular flexibility index (Phi) is 3.15. The number of pyridine rings is 1. The predicted octanol–water partition coefficient (Wildman–Crippen LogP) is 3.56. The number of halogens is 2. The summed E-state index contributed by atoms with van der Waals surface area (Å²) in [4.78, 5) is 3.90. The molecule has 0 saturated carbocycles. The van der Waals surface area contributed by atoms with Crippen molar-refractivity contribution in [3.8, 4) is 11.6 Å². The van der Waals surface area contributed by atoms with Gasteiger partial charge < -0.3 is 10.5 Å². The Morgan fingerprint density at radius 1 is 1.41 bits per heavy atom. The van der Waals surface area contributed by atoms with Crippen molar-refractivity contribution >= 4 is 17.3 Å². The first-order chi connectivity index (χ1) is 8.08. The number of rotatable bonds is 2. The van der Waals surface area contributed by atoms with Crippen molar-refractivity contribution in [3.63, 3.8) is 0 Å². The van der Waals surface area contributed by atoms with Crippen LogP contribution in [0.15, 0.2) is 30.5 Å². The van der Waals surface area contributed by atoms with Crippen LogP contribution in [0.4, 0.5) is 10.1 Å². The molecule has 0 aliphatic rings. The second kappa shape index (κ2) is 4.59. The molecule has 0 saturated heterocycles. The molecule has 0 radical (unpaired) electrons. The average Bonchev–Trinajstić information content (AvgIpc) is 2.28. The van der Waals surface area contributed by atoms with Crippen LogP contribution in [0.3, 0.4) is 0 Å². The monoisotopic (exact) mass is 252 g/mol. The van der Waals surface area contributed by atoms with Crippen LogP contribution in [-0.2, 0) is 0 Å². The fraction of sp³-hybridized carbons (Fsp3) is 0.0833. The zero-order chi connectivity index (χ0) is 12.4.